The number of amides is 1. The van der Waals surface area contributed by atoms with E-state index in [1.165, 1.54) is 0 Å². The smallest absolute Gasteiger partial charge is 0.303 e. The molecule has 0 saturated carbocycles. The topological polar surface area (TPSA) is 77.8 Å². The normalized spacial score (nSPS) is 17.2. The van der Waals surface area contributed by atoms with E-state index in [0.717, 1.165) is 42.4 Å². The van der Waals surface area contributed by atoms with Crippen LogP contribution in [0.15, 0.2) is 60.7 Å². The van der Waals surface area contributed by atoms with Gasteiger partial charge in [-0.05, 0) is 54.2 Å². The van der Waals surface area contributed by atoms with Gasteiger partial charge in [0, 0.05) is 24.4 Å². The lowest BCUT2D eigenvalue weighted by Gasteiger charge is -2.22. The molecule has 1 aliphatic rings. The molecule has 2 aromatic carbocycles. The first-order valence-electron chi connectivity index (χ1n) is 11.2. The van der Waals surface area contributed by atoms with Crippen LogP contribution in [0.5, 0.6) is 0 Å². The lowest BCUT2D eigenvalue weighted by molar-refractivity contribution is -0.137. The number of nitrogens with zero attached hydrogens (tertiary/aromatic N) is 1. The SMILES string of the molecule is O=C(O)CCCCCCN1C(=O)CCC1C=C[C@@H](O)c1cccc(-c2ccc(Cl)cc2)c1. The number of carbonyl (C=O) groups is 2. The van der Waals surface area contributed by atoms with Crippen molar-refractivity contribution in [1.82, 2.24) is 4.90 Å². The number of carboxylic acid groups (broad SMARTS) is 1. The number of carboxylic acids is 1. The zero-order valence-electron chi connectivity index (χ0n) is 18.1. The van der Waals surface area contributed by atoms with Crippen molar-refractivity contribution in [3.63, 3.8) is 0 Å². The van der Waals surface area contributed by atoms with Crippen LogP contribution in [0.1, 0.15) is 56.6 Å². The van der Waals surface area contributed by atoms with Crippen LogP contribution in [-0.2, 0) is 9.59 Å². The van der Waals surface area contributed by atoms with Crippen LogP contribution in [0.2, 0.25) is 5.02 Å². The molecule has 1 amide bonds. The van der Waals surface area contributed by atoms with Crippen molar-refractivity contribution in [3.05, 3.63) is 71.3 Å². The Balaban J connectivity index is 1.56. The molecule has 170 valence electrons. The minimum absolute atomic E-state index is 0.00406. The number of unbranched alkanes of at least 4 members (excludes halogenated alkanes) is 3. The largest absolute Gasteiger partial charge is 0.481 e. The third-order valence-corrected chi connectivity index (χ3v) is 6.09. The summed E-state index contributed by atoms with van der Waals surface area (Å²) in [7, 11) is 0. The van der Waals surface area contributed by atoms with Gasteiger partial charge in [-0.3, -0.25) is 9.59 Å². The van der Waals surface area contributed by atoms with Gasteiger partial charge in [-0.2, -0.15) is 0 Å². The third kappa shape index (κ3) is 6.94. The van der Waals surface area contributed by atoms with E-state index in [1.807, 2.05) is 59.5 Å². The van der Waals surface area contributed by atoms with Gasteiger partial charge < -0.3 is 15.1 Å². The van der Waals surface area contributed by atoms with Crippen LogP contribution < -0.4 is 0 Å². The summed E-state index contributed by atoms with van der Waals surface area (Å²) in [6.45, 7) is 0.670. The fraction of sp³-hybridized carbons (Fsp3) is 0.385. The molecule has 0 spiro atoms. The zero-order chi connectivity index (χ0) is 22.9. The lowest BCUT2D eigenvalue weighted by atomic mass is 10.00. The molecule has 2 atom stereocenters. The summed E-state index contributed by atoms with van der Waals surface area (Å²) in [6, 6.07) is 15.4. The highest BCUT2D eigenvalue weighted by Crippen LogP contribution is 2.26. The molecule has 0 aromatic heterocycles. The number of hydrogen-bond donors (Lipinski definition) is 2. The van der Waals surface area contributed by atoms with Crippen LogP contribution in [0, 0.1) is 0 Å². The second-order valence-corrected chi connectivity index (χ2v) is 8.65. The maximum absolute atomic E-state index is 12.3. The van der Waals surface area contributed by atoms with Crippen molar-refractivity contribution < 1.29 is 19.8 Å². The molecular weight excluding hydrogens is 426 g/mol. The van der Waals surface area contributed by atoms with Crippen LogP contribution >= 0.6 is 11.6 Å². The number of benzene rings is 2. The van der Waals surface area contributed by atoms with Gasteiger partial charge in [0.2, 0.25) is 5.91 Å². The summed E-state index contributed by atoms with van der Waals surface area (Å²) in [5, 5.41) is 20.1. The van der Waals surface area contributed by atoms with Gasteiger partial charge in [0.15, 0.2) is 0 Å². The molecule has 1 unspecified atom stereocenters. The van der Waals surface area contributed by atoms with Gasteiger partial charge in [0.05, 0.1) is 12.1 Å². The Bertz CT molecular complexity index is 941. The number of carbonyl (C=O) groups excluding carboxylic acids is 1. The first-order chi connectivity index (χ1) is 15.4. The predicted octanol–water partition coefficient (Wildman–Crippen LogP) is 5.62. The van der Waals surface area contributed by atoms with Crippen LogP contribution in [0.25, 0.3) is 11.1 Å². The van der Waals surface area contributed by atoms with Gasteiger partial charge in [-0.15, -0.1) is 0 Å². The molecule has 5 nitrogen and oxygen atoms in total. The van der Waals surface area contributed by atoms with E-state index in [2.05, 4.69) is 0 Å². The van der Waals surface area contributed by atoms with Crippen molar-refractivity contribution in [2.24, 2.45) is 0 Å². The van der Waals surface area contributed by atoms with Gasteiger partial charge >= 0.3 is 5.97 Å². The summed E-state index contributed by atoms with van der Waals surface area (Å²) >= 11 is 5.97. The van der Waals surface area contributed by atoms with Crippen molar-refractivity contribution in [2.75, 3.05) is 6.54 Å². The number of aliphatic carboxylic acids is 1. The summed E-state index contributed by atoms with van der Waals surface area (Å²) in [5.41, 5.74) is 2.83. The molecule has 2 aromatic rings. The van der Waals surface area contributed by atoms with Crippen LogP contribution in [0.4, 0.5) is 0 Å². The molecular formula is C26H30ClNO4. The first kappa shape index (κ1) is 24.0. The van der Waals surface area contributed by atoms with Gasteiger partial charge in [-0.25, -0.2) is 0 Å². The predicted molar refractivity (Wildman–Crippen MR) is 126 cm³/mol. The fourth-order valence-electron chi connectivity index (χ4n) is 4.05. The number of hydrogen-bond acceptors (Lipinski definition) is 3. The average molecular weight is 456 g/mol. The average Bonchev–Trinajstić information content (AvgIpc) is 3.14. The van der Waals surface area contributed by atoms with Gasteiger partial charge in [0.1, 0.15) is 0 Å². The second-order valence-electron chi connectivity index (χ2n) is 8.21. The molecule has 0 aliphatic carbocycles. The Morgan fingerprint density at radius 1 is 1.09 bits per heavy atom. The highest BCUT2D eigenvalue weighted by atomic mass is 35.5. The minimum atomic E-state index is -0.762. The van der Waals surface area contributed by atoms with E-state index in [4.69, 9.17) is 16.7 Å². The Morgan fingerprint density at radius 2 is 1.84 bits per heavy atom. The maximum atomic E-state index is 12.3. The quantitative estimate of drug-likeness (QED) is 0.340. The molecule has 1 fully saturated rings. The summed E-state index contributed by atoms with van der Waals surface area (Å²) in [4.78, 5) is 24.7. The Hall–Kier alpha value is -2.63. The molecule has 3 rings (SSSR count). The number of aliphatic hydroxyl groups excluding tert-OH is 1. The van der Waals surface area contributed by atoms with E-state index >= 15 is 0 Å². The van der Waals surface area contributed by atoms with Crippen molar-refractivity contribution >= 4 is 23.5 Å². The summed E-state index contributed by atoms with van der Waals surface area (Å²) in [5.74, 6) is -0.619. The molecule has 1 heterocycles. The molecule has 1 aliphatic heterocycles. The van der Waals surface area contributed by atoms with E-state index < -0.39 is 12.1 Å². The molecule has 32 heavy (non-hydrogen) atoms. The highest BCUT2D eigenvalue weighted by Gasteiger charge is 2.28. The monoisotopic (exact) mass is 455 g/mol. The molecule has 0 radical (unpaired) electrons. The maximum Gasteiger partial charge on any atom is 0.303 e. The molecule has 6 heteroatoms. The van der Waals surface area contributed by atoms with Crippen molar-refractivity contribution in [1.29, 1.82) is 0 Å². The van der Waals surface area contributed by atoms with Crippen LogP contribution in [0.3, 0.4) is 0 Å². The second kappa shape index (κ2) is 11.8. The fourth-order valence-corrected chi connectivity index (χ4v) is 4.17. The van der Waals surface area contributed by atoms with E-state index in [9.17, 15) is 14.7 Å². The molecule has 2 N–H and O–H groups in total. The van der Waals surface area contributed by atoms with E-state index in [1.54, 1.807) is 6.08 Å². The van der Waals surface area contributed by atoms with E-state index in [-0.39, 0.29) is 18.4 Å². The minimum Gasteiger partial charge on any atom is -0.481 e. The zero-order valence-corrected chi connectivity index (χ0v) is 18.9. The Kier molecular flexibility index (Phi) is 8.89. The number of rotatable bonds is 11. The summed E-state index contributed by atoms with van der Waals surface area (Å²) in [6.07, 6.45) is 7.74. The lowest BCUT2D eigenvalue weighted by Crippen LogP contribution is -2.32. The molecule has 1 saturated heterocycles. The van der Waals surface area contributed by atoms with Gasteiger partial charge in [0.25, 0.3) is 0 Å². The Labute approximate surface area is 194 Å². The van der Waals surface area contributed by atoms with E-state index in [0.29, 0.717) is 24.4 Å². The van der Waals surface area contributed by atoms with Crippen molar-refractivity contribution in [2.45, 2.75) is 57.1 Å². The standard InChI is InChI=1S/C26H30ClNO4/c27-22-11-9-19(10-12-22)20-6-5-7-21(18-20)24(29)15-13-23-14-16-25(30)28(23)17-4-2-1-3-8-26(31)32/h5-7,9-13,15,18,23-24,29H,1-4,8,14,16-17H2,(H,31,32)/t23?,24-/m1/s1. The van der Waals surface area contributed by atoms with Crippen molar-refractivity contribution in [3.8, 4) is 11.1 Å². The van der Waals surface area contributed by atoms with Crippen LogP contribution in [-0.4, -0.2) is 39.6 Å². The number of halogens is 1. The molecule has 0 bridgehead atoms. The first-order valence-corrected chi connectivity index (χ1v) is 11.6. The number of likely N-dealkylation sites (tertiary alicyclic amines) is 1. The third-order valence-electron chi connectivity index (χ3n) is 5.84. The number of aliphatic hydroxyl groups is 1. The Morgan fingerprint density at radius 3 is 2.59 bits per heavy atom. The highest BCUT2D eigenvalue weighted by molar-refractivity contribution is 6.30. The summed E-state index contributed by atoms with van der Waals surface area (Å²) < 4.78 is 0. The van der Waals surface area contributed by atoms with Gasteiger partial charge in [-0.1, -0.05) is 66.9 Å².